The van der Waals surface area contributed by atoms with Gasteiger partial charge < -0.3 is 9.72 Å². The number of halogens is 2. The lowest BCUT2D eigenvalue weighted by molar-refractivity contribution is -0.142. The first-order valence-electron chi connectivity index (χ1n) is 7.58. The summed E-state index contributed by atoms with van der Waals surface area (Å²) in [7, 11) is 1.36. The molecule has 0 bridgehead atoms. The van der Waals surface area contributed by atoms with E-state index in [0.717, 1.165) is 36.2 Å². The second-order valence-electron chi connectivity index (χ2n) is 6.00. The Bertz CT molecular complexity index is 738. The normalized spacial score (nSPS) is 20.9. The molecule has 3 nitrogen and oxygen atoms in total. The van der Waals surface area contributed by atoms with Crippen molar-refractivity contribution >= 4 is 16.9 Å². The number of methoxy groups -OCH3 is 1. The van der Waals surface area contributed by atoms with Crippen LogP contribution in [0.2, 0.25) is 0 Å². The van der Waals surface area contributed by atoms with Crippen molar-refractivity contribution in [1.82, 2.24) is 4.98 Å². The van der Waals surface area contributed by atoms with Gasteiger partial charge in [-0.2, -0.15) is 0 Å². The summed E-state index contributed by atoms with van der Waals surface area (Å²) in [4.78, 5) is 14.9. The van der Waals surface area contributed by atoms with Crippen LogP contribution in [-0.4, -0.2) is 18.1 Å². The molecular formula is C17H19F2NO2. The fraction of sp³-hybridized carbons (Fsp3) is 0.471. The van der Waals surface area contributed by atoms with Crippen LogP contribution in [-0.2, 0) is 21.4 Å². The number of carbonyl (C=O) groups excluding carboxylic acids is 1. The van der Waals surface area contributed by atoms with E-state index in [4.69, 9.17) is 4.74 Å². The number of aryl methyl sites for hydroxylation is 1. The Morgan fingerprint density at radius 1 is 1.36 bits per heavy atom. The summed E-state index contributed by atoms with van der Waals surface area (Å²) in [5, 5.41) is 0.331. The second kappa shape index (κ2) is 5.38. The molecule has 1 heterocycles. The number of aromatic nitrogens is 1. The number of H-pyrrole nitrogens is 1. The molecular weight excluding hydrogens is 288 g/mol. The molecule has 1 aliphatic rings. The van der Waals surface area contributed by atoms with E-state index in [2.05, 4.69) is 4.98 Å². The van der Waals surface area contributed by atoms with E-state index in [1.165, 1.54) is 7.11 Å². The molecule has 1 aliphatic carbocycles. The first-order valence-corrected chi connectivity index (χ1v) is 7.58. The largest absolute Gasteiger partial charge is 0.469 e. The average molecular weight is 307 g/mol. The van der Waals surface area contributed by atoms with Crippen LogP contribution in [0.25, 0.3) is 10.9 Å². The molecule has 1 atom stereocenters. The predicted octanol–water partition coefficient (Wildman–Crippen LogP) is 3.99. The maximum Gasteiger partial charge on any atom is 0.306 e. The van der Waals surface area contributed by atoms with Crippen molar-refractivity contribution in [2.24, 2.45) is 0 Å². The quantitative estimate of drug-likeness (QED) is 0.871. The molecule has 0 amide bonds. The number of ether oxygens (including phenoxy) is 1. The third kappa shape index (κ3) is 2.11. The minimum atomic E-state index is -0.464. The fourth-order valence-corrected chi connectivity index (χ4v) is 3.73. The molecule has 2 aromatic rings. The Labute approximate surface area is 127 Å². The monoisotopic (exact) mass is 307 g/mol. The molecule has 0 radical (unpaired) electrons. The first-order chi connectivity index (χ1) is 10.5. The molecule has 3 rings (SSSR count). The summed E-state index contributed by atoms with van der Waals surface area (Å²) >= 11 is 0. The molecule has 1 unspecified atom stereocenters. The molecule has 0 aliphatic heterocycles. The van der Waals surface area contributed by atoms with E-state index in [9.17, 15) is 13.6 Å². The van der Waals surface area contributed by atoms with E-state index in [0.29, 0.717) is 18.2 Å². The van der Waals surface area contributed by atoms with Crippen LogP contribution in [0.3, 0.4) is 0 Å². The Hall–Kier alpha value is -1.91. The Balaban J connectivity index is 2.23. The van der Waals surface area contributed by atoms with E-state index >= 15 is 0 Å². The molecule has 22 heavy (non-hydrogen) atoms. The van der Waals surface area contributed by atoms with Gasteiger partial charge in [0.25, 0.3) is 0 Å². The zero-order valence-electron chi connectivity index (χ0n) is 12.8. The number of fused-ring (bicyclic) bond motifs is 3. The molecule has 1 N–H and O–H groups in total. The highest BCUT2D eigenvalue weighted by molar-refractivity contribution is 5.87. The lowest BCUT2D eigenvalue weighted by Gasteiger charge is -2.35. The zero-order valence-corrected chi connectivity index (χ0v) is 12.8. The van der Waals surface area contributed by atoms with Crippen LogP contribution in [0, 0.1) is 11.6 Å². The third-order valence-electron chi connectivity index (χ3n) is 4.96. The van der Waals surface area contributed by atoms with Gasteiger partial charge in [-0.15, -0.1) is 0 Å². The van der Waals surface area contributed by atoms with Crippen LogP contribution >= 0.6 is 0 Å². The summed E-state index contributed by atoms with van der Waals surface area (Å²) in [5.41, 5.74) is 1.38. The highest BCUT2D eigenvalue weighted by atomic mass is 19.1. The van der Waals surface area contributed by atoms with Crippen LogP contribution in [0.5, 0.6) is 0 Å². The smallest absolute Gasteiger partial charge is 0.306 e. The van der Waals surface area contributed by atoms with Gasteiger partial charge in [-0.05, 0) is 43.4 Å². The van der Waals surface area contributed by atoms with Crippen LogP contribution in [0.15, 0.2) is 12.1 Å². The van der Waals surface area contributed by atoms with E-state index in [1.54, 1.807) is 0 Å². The predicted molar refractivity (Wildman–Crippen MR) is 79.8 cm³/mol. The zero-order chi connectivity index (χ0) is 15.9. The van der Waals surface area contributed by atoms with Gasteiger partial charge in [0.1, 0.15) is 11.6 Å². The van der Waals surface area contributed by atoms with Gasteiger partial charge in [0.15, 0.2) is 0 Å². The van der Waals surface area contributed by atoms with Crippen LogP contribution in [0.1, 0.15) is 43.9 Å². The van der Waals surface area contributed by atoms with Crippen molar-refractivity contribution < 1.29 is 18.3 Å². The van der Waals surface area contributed by atoms with E-state index < -0.39 is 17.0 Å². The topological polar surface area (TPSA) is 42.1 Å². The lowest BCUT2D eigenvalue weighted by Crippen LogP contribution is -2.33. The number of nitrogens with one attached hydrogen (secondary N) is 1. The van der Waals surface area contributed by atoms with Crippen molar-refractivity contribution in [2.45, 2.75) is 44.4 Å². The summed E-state index contributed by atoms with van der Waals surface area (Å²) in [6, 6.07) is 2.29. The maximum atomic E-state index is 14.2. The Morgan fingerprint density at radius 2 is 2.09 bits per heavy atom. The molecule has 118 valence electrons. The number of hydrogen-bond donors (Lipinski definition) is 1. The molecule has 1 aromatic carbocycles. The summed E-state index contributed by atoms with van der Waals surface area (Å²) in [6.45, 7) is 2.00. The van der Waals surface area contributed by atoms with Gasteiger partial charge in [-0.3, -0.25) is 4.79 Å². The van der Waals surface area contributed by atoms with Crippen molar-refractivity contribution in [1.29, 1.82) is 0 Å². The maximum absolute atomic E-state index is 14.2. The second-order valence-corrected chi connectivity index (χ2v) is 6.00. The van der Waals surface area contributed by atoms with Gasteiger partial charge in [-0.1, -0.05) is 6.92 Å². The summed E-state index contributed by atoms with van der Waals surface area (Å²) < 4.78 is 33.1. The average Bonchev–Trinajstić information content (AvgIpc) is 2.93. The molecule has 1 aromatic heterocycles. The highest BCUT2D eigenvalue weighted by Gasteiger charge is 2.40. The number of esters is 1. The number of hydrogen-bond acceptors (Lipinski definition) is 2. The molecule has 0 fully saturated rings. The lowest BCUT2D eigenvalue weighted by atomic mass is 9.69. The minimum Gasteiger partial charge on any atom is -0.469 e. The van der Waals surface area contributed by atoms with Crippen molar-refractivity contribution in [3.8, 4) is 0 Å². The van der Waals surface area contributed by atoms with Gasteiger partial charge in [0.2, 0.25) is 0 Å². The van der Waals surface area contributed by atoms with Crippen LogP contribution < -0.4 is 0 Å². The molecule has 0 saturated carbocycles. The van der Waals surface area contributed by atoms with Crippen molar-refractivity contribution in [3.05, 3.63) is 35.0 Å². The highest BCUT2D eigenvalue weighted by Crippen LogP contribution is 2.45. The van der Waals surface area contributed by atoms with E-state index in [1.807, 2.05) is 6.92 Å². The Kier molecular flexibility index (Phi) is 3.67. The number of aromatic amines is 1. The van der Waals surface area contributed by atoms with Crippen LogP contribution in [0.4, 0.5) is 8.78 Å². The first kappa shape index (κ1) is 15.0. The Morgan fingerprint density at radius 3 is 2.77 bits per heavy atom. The standard InChI is InChI=1S/C17H19F2NO2/c1-3-17(9-13(21)22-2)8-4-5-10-14-11(18)6-7-12(19)15(14)20-16(10)17/h6-7,20H,3-5,8-9H2,1-2H3. The molecule has 0 saturated heterocycles. The van der Waals surface area contributed by atoms with Gasteiger partial charge in [0.05, 0.1) is 19.0 Å². The third-order valence-corrected chi connectivity index (χ3v) is 4.96. The van der Waals surface area contributed by atoms with Crippen molar-refractivity contribution in [3.63, 3.8) is 0 Å². The number of carbonyl (C=O) groups is 1. The number of benzene rings is 1. The van der Waals surface area contributed by atoms with Crippen molar-refractivity contribution in [2.75, 3.05) is 7.11 Å². The number of rotatable bonds is 3. The molecule has 0 spiro atoms. The van der Waals surface area contributed by atoms with Gasteiger partial charge in [-0.25, -0.2) is 8.78 Å². The summed E-state index contributed by atoms with van der Waals surface area (Å²) in [6.07, 6.45) is 3.29. The SMILES string of the molecule is CCC1(CC(=O)OC)CCCc2c1[nH]c1c(F)ccc(F)c21. The molecule has 5 heteroatoms. The van der Waals surface area contributed by atoms with E-state index in [-0.39, 0.29) is 17.9 Å². The fourth-order valence-electron chi connectivity index (χ4n) is 3.73. The minimum absolute atomic E-state index is 0.203. The van der Waals surface area contributed by atoms with Gasteiger partial charge in [0, 0.05) is 16.5 Å². The summed E-state index contributed by atoms with van der Waals surface area (Å²) in [5.74, 6) is -1.18. The van der Waals surface area contributed by atoms with Gasteiger partial charge >= 0.3 is 5.97 Å².